The Labute approximate surface area is 117 Å². The van der Waals surface area contributed by atoms with Crippen LogP contribution in [0.15, 0.2) is 0 Å². The Morgan fingerprint density at radius 2 is 0.850 bits per heavy atom. The van der Waals surface area contributed by atoms with Gasteiger partial charge in [-0.2, -0.15) is 0 Å². The number of aliphatic hydroxyl groups excluding tert-OH is 5. The van der Waals surface area contributed by atoms with Gasteiger partial charge in [-0.1, -0.05) is 0 Å². The van der Waals surface area contributed by atoms with Crippen LogP contribution in [0.5, 0.6) is 0 Å². The molecule has 122 valence electrons. The summed E-state index contributed by atoms with van der Waals surface area (Å²) in [6.45, 7) is -1.15. The molecule has 0 aromatic rings. The molecule has 0 saturated heterocycles. The van der Waals surface area contributed by atoms with E-state index in [4.69, 9.17) is 39.4 Å². The molecule has 9 heteroatoms. The Hall–Kier alpha value is -0.360. The van der Waals surface area contributed by atoms with Crippen LogP contribution in [-0.2, 0) is 18.9 Å². The first kappa shape index (κ1) is 19.6. The van der Waals surface area contributed by atoms with Crippen molar-refractivity contribution in [3.8, 4) is 0 Å². The normalized spacial score (nSPS) is 16.1. The van der Waals surface area contributed by atoms with Crippen LogP contribution in [0.1, 0.15) is 0 Å². The van der Waals surface area contributed by atoms with E-state index in [-0.39, 0.29) is 53.2 Å². The molecule has 2 unspecified atom stereocenters. The molecular formula is C11H24O9. The minimum Gasteiger partial charge on any atom is -0.394 e. The maximum Gasteiger partial charge on any atom is 0.146 e. The summed E-state index contributed by atoms with van der Waals surface area (Å²) in [5.41, 5.74) is 0. The fourth-order valence-corrected chi connectivity index (χ4v) is 1.01. The van der Waals surface area contributed by atoms with Crippen molar-refractivity contribution < 1.29 is 44.5 Å². The molecule has 0 heterocycles. The van der Waals surface area contributed by atoms with E-state index in [0.29, 0.717) is 0 Å². The zero-order chi connectivity index (χ0) is 15.2. The van der Waals surface area contributed by atoms with Gasteiger partial charge in [0.05, 0.1) is 39.6 Å². The van der Waals surface area contributed by atoms with Crippen molar-refractivity contribution >= 4 is 0 Å². The van der Waals surface area contributed by atoms with Crippen molar-refractivity contribution in [3.63, 3.8) is 0 Å². The molecule has 0 saturated carbocycles. The third-order valence-corrected chi connectivity index (χ3v) is 2.00. The van der Waals surface area contributed by atoms with Crippen LogP contribution < -0.4 is 0 Å². The Balaban J connectivity index is 3.26. The molecule has 20 heavy (non-hydrogen) atoms. The SMILES string of the molecule is OCC(O)COCOCC(O)COCOCC(O)CO. The van der Waals surface area contributed by atoms with E-state index >= 15 is 0 Å². The van der Waals surface area contributed by atoms with E-state index in [1.807, 2.05) is 0 Å². The minimum absolute atomic E-state index is 0.0194. The molecule has 5 N–H and O–H groups in total. The van der Waals surface area contributed by atoms with Crippen molar-refractivity contribution in [1.82, 2.24) is 0 Å². The molecule has 0 aliphatic rings. The standard InChI is InChI=1S/C11H24O9/c12-1-9(14)3-17-7-19-5-11(16)6-20-8-18-4-10(15)2-13/h9-16H,1-8H2. The van der Waals surface area contributed by atoms with Crippen LogP contribution in [0.2, 0.25) is 0 Å². The molecule has 0 spiro atoms. The van der Waals surface area contributed by atoms with Crippen molar-refractivity contribution in [3.05, 3.63) is 0 Å². The molecule has 0 aliphatic carbocycles. The summed E-state index contributed by atoms with van der Waals surface area (Å²) < 4.78 is 19.6. The first-order valence-electron chi connectivity index (χ1n) is 6.17. The second-order valence-electron chi connectivity index (χ2n) is 4.05. The van der Waals surface area contributed by atoms with Gasteiger partial charge < -0.3 is 44.5 Å². The highest BCUT2D eigenvalue weighted by molar-refractivity contribution is 4.51. The predicted molar refractivity (Wildman–Crippen MR) is 65.7 cm³/mol. The van der Waals surface area contributed by atoms with Gasteiger partial charge in [-0.3, -0.25) is 0 Å². The molecule has 0 aromatic heterocycles. The van der Waals surface area contributed by atoms with Crippen molar-refractivity contribution in [2.24, 2.45) is 0 Å². The molecular weight excluding hydrogens is 276 g/mol. The van der Waals surface area contributed by atoms with E-state index in [2.05, 4.69) is 0 Å². The summed E-state index contributed by atoms with van der Waals surface area (Å²) in [6.07, 6.45) is -2.76. The molecule has 0 fully saturated rings. The lowest BCUT2D eigenvalue weighted by molar-refractivity contribution is -0.130. The number of aliphatic hydroxyl groups is 5. The molecule has 0 aliphatic heterocycles. The van der Waals surface area contributed by atoms with Gasteiger partial charge in [-0.25, -0.2) is 0 Å². The van der Waals surface area contributed by atoms with Crippen LogP contribution >= 0.6 is 0 Å². The van der Waals surface area contributed by atoms with Crippen LogP contribution in [0.4, 0.5) is 0 Å². The topological polar surface area (TPSA) is 138 Å². The number of hydrogen-bond acceptors (Lipinski definition) is 9. The molecule has 0 aromatic carbocycles. The molecule has 2 atom stereocenters. The fraction of sp³-hybridized carbons (Fsp3) is 1.00. The Bertz CT molecular complexity index is 184. The highest BCUT2D eigenvalue weighted by atomic mass is 16.7. The summed E-state index contributed by atoms with van der Waals surface area (Å²) in [7, 11) is 0. The van der Waals surface area contributed by atoms with Gasteiger partial charge in [-0.05, 0) is 0 Å². The monoisotopic (exact) mass is 300 g/mol. The first-order valence-corrected chi connectivity index (χ1v) is 6.17. The Kier molecular flexibility index (Phi) is 13.4. The summed E-state index contributed by atoms with van der Waals surface area (Å²) in [5, 5.41) is 44.3. The van der Waals surface area contributed by atoms with Crippen molar-refractivity contribution in [1.29, 1.82) is 0 Å². The fourth-order valence-electron chi connectivity index (χ4n) is 1.01. The quantitative estimate of drug-likeness (QED) is 0.168. The average Bonchev–Trinajstić information content (AvgIpc) is 2.45. The highest BCUT2D eigenvalue weighted by Gasteiger charge is 2.06. The maximum absolute atomic E-state index is 9.42. The number of ether oxygens (including phenoxy) is 4. The summed E-state index contributed by atoms with van der Waals surface area (Å²) >= 11 is 0. The summed E-state index contributed by atoms with van der Waals surface area (Å²) in [6, 6.07) is 0. The Morgan fingerprint density at radius 1 is 0.550 bits per heavy atom. The Morgan fingerprint density at radius 3 is 1.15 bits per heavy atom. The lowest BCUT2D eigenvalue weighted by Crippen LogP contribution is -2.25. The van der Waals surface area contributed by atoms with Crippen molar-refractivity contribution in [2.75, 3.05) is 53.2 Å². The van der Waals surface area contributed by atoms with E-state index in [1.165, 1.54) is 0 Å². The zero-order valence-corrected chi connectivity index (χ0v) is 11.3. The van der Waals surface area contributed by atoms with Crippen LogP contribution in [0.25, 0.3) is 0 Å². The largest absolute Gasteiger partial charge is 0.394 e. The van der Waals surface area contributed by atoms with Crippen molar-refractivity contribution in [2.45, 2.75) is 18.3 Å². The smallest absolute Gasteiger partial charge is 0.146 e. The van der Waals surface area contributed by atoms with Crippen LogP contribution in [0.3, 0.4) is 0 Å². The van der Waals surface area contributed by atoms with Gasteiger partial charge in [0.25, 0.3) is 0 Å². The van der Waals surface area contributed by atoms with Gasteiger partial charge in [0, 0.05) is 0 Å². The van der Waals surface area contributed by atoms with Crippen LogP contribution in [-0.4, -0.2) is 97.1 Å². The number of rotatable bonds is 14. The maximum atomic E-state index is 9.42. The van der Waals surface area contributed by atoms with E-state index in [1.54, 1.807) is 0 Å². The molecule has 0 bridgehead atoms. The molecule has 9 nitrogen and oxygen atoms in total. The predicted octanol–water partition coefficient (Wildman–Crippen LogP) is -2.96. The molecule has 0 radical (unpaired) electrons. The van der Waals surface area contributed by atoms with Gasteiger partial charge in [0.15, 0.2) is 0 Å². The highest BCUT2D eigenvalue weighted by Crippen LogP contribution is 1.91. The van der Waals surface area contributed by atoms with Crippen LogP contribution in [0, 0.1) is 0 Å². The van der Waals surface area contributed by atoms with Gasteiger partial charge >= 0.3 is 0 Å². The minimum atomic E-state index is -0.946. The zero-order valence-electron chi connectivity index (χ0n) is 11.3. The first-order chi connectivity index (χ1) is 9.60. The summed E-state index contributed by atoms with van der Waals surface area (Å²) in [4.78, 5) is 0. The van der Waals surface area contributed by atoms with E-state index in [9.17, 15) is 5.11 Å². The molecule has 0 rings (SSSR count). The number of hydrogen-bond donors (Lipinski definition) is 5. The van der Waals surface area contributed by atoms with Gasteiger partial charge in [0.1, 0.15) is 31.9 Å². The third-order valence-electron chi connectivity index (χ3n) is 2.00. The molecule has 0 amide bonds. The lowest BCUT2D eigenvalue weighted by Gasteiger charge is -2.13. The lowest BCUT2D eigenvalue weighted by atomic mass is 10.4. The average molecular weight is 300 g/mol. The second kappa shape index (κ2) is 13.6. The van der Waals surface area contributed by atoms with E-state index in [0.717, 1.165) is 0 Å². The second-order valence-corrected chi connectivity index (χ2v) is 4.05. The van der Waals surface area contributed by atoms with E-state index < -0.39 is 18.3 Å². The summed E-state index contributed by atoms with van der Waals surface area (Å²) in [5.74, 6) is 0. The van der Waals surface area contributed by atoms with Gasteiger partial charge in [-0.15, -0.1) is 0 Å². The third kappa shape index (κ3) is 12.7. The van der Waals surface area contributed by atoms with Gasteiger partial charge in [0.2, 0.25) is 0 Å².